The Morgan fingerprint density at radius 2 is 1.95 bits per heavy atom. The maximum absolute atomic E-state index is 12.3. The van der Waals surface area contributed by atoms with Crippen molar-refractivity contribution in [3.05, 3.63) is 16.3 Å². The standard InChI is InChI=1S/C12H18N2O5S2/c1-12(2,3)13-9(15)7-14(4)21(18,19)8-5-6-20-10(8)11(16)17/h5-6H,7H2,1-4H3,(H,13,15)(H,16,17). The van der Waals surface area contributed by atoms with E-state index in [0.717, 1.165) is 15.6 Å². The molecule has 0 aromatic carbocycles. The van der Waals surface area contributed by atoms with Crippen LogP contribution in [0.1, 0.15) is 30.4 Å². The quantitative estimate of drug-likeness (QED) is 0.835. The molecule has 1 rings (SSSR count). The Hall–Kier alpha value is -1.45. The van der Waals surface area contributed by atoms with Crippen molar-refractivity contribution < 1.29 is 23.1 Å². The maximum atomic E-state index is 12.3. The van der Waals surface area contributed by atoms with Gasteiger partial charge in [-0.25, -0.2) is 13.2 Å². The highest BCUT2D eigenvalue weighted by Gasteiger charge is 2.29. The molecule has 0 spiro atoms. The van der Waals surface area contributed by atoms with E-state index in [1.807, 2.05) is 0 Å². The van der Waals surface area contributed by atoms with Crippen molar-refractivity contribution >= 4 is 33.2 Å². The lowest BCUT2D eigenvalue weighted by Crippen LogP contribution is -2.46. The van der Waals surface area contributed by atoms with Crippen LogP contribution in [-0.2, 0) is 14.8 Å². The van der Waals surface area contributed by atoms with E-state index in [0.29, 0.717) is 0 Å². The van der Waals surface area contributed by atoms with Crippen LogP contribution in [0.5, 0.6) is 0 Å². The first-order valence-corrected chi connectivity index (χ1v) is 8.35. The number of carboxylic acids is 1. The van der Waals surface area contributed by atoms with Gasteiger partial charge in [-0.1, -0.05) is 0 Å². The van der Waals surface area contributed by atoms with Gasteiger partial charge in [0.2, 0.25) is 15.9 Å². The first-order chi connectivity index (χ1) is 9.45. The largest absolute Gasteiger partial charge is 0.477 e. The van der Waals surface area contributed by atoms with Crippen LogP contribution in [0.4, 0.5) is 0 Å². The second-order valence-corrected chi connectivity index (χ2v) is 8.41. The van der Waals surface area contributed by atoms with Crippen molar-refractivity contribution in [1.82, 2.24) is 9.62 Å². The number of thiophene rings is 1. The molecule has 2 N–H and O–H groups in total. The summed E-state index contributed by atoms with van der Waals surface area (Å²) in [5.74, 6) is -1.77. The average Bonchev–Trinajstić information content (AvgIpc) is 2.75. The average molecular weight is 334 g/mol. The highest BCUT2D eigenvalue weighted by atomic mass is 32.2. The number of carbonyl (C=O) groups excluding carboxylic acids is 1. The number of amides is 1. The minimum atomic E-state index is -4.02. The fourth-order valence-corrected chi connectivity index (χ4v) is 3.93. The van der Waals surface area contributed by atoms with Gasteiger partial charge >= 0.3 is 5.97 Å². The van der Waals surface area contributed by atoms with E-state index in [1.165, 1.54) is 18.5 Å². The Bertz CT molecular complexity index is 643. The van der Waals surface area contributed by atoms with Crippen LogP contribution in [0.25, 0.3) is 0 Å². The lowest BCUT2D eigenvalue weighted by molar-refractivity contribution is -0.122. The molecule has 9 heteroatoms. The third-order valence-electron chi connectivity index (χ3n) is 2.39. The molecule has 0 bridgehead atoms. The van der Waals surface area contributed by atoms with Gasteiger partial charge in [0.25, 0.3) is 0 Å². The van der Waals surface area contributed by atoms with Crippen LogP contribution >= 0.6 is 11.3 Å². The van der Waals surface area contributed by atoms with Crippen LogP contribution in [0.15, 0.2) is 16.3 Å². The van der Waals surface area contributed by atoms with Crippen molar-refractivity contribution in [1.29, 1.82) is 0 Å². The monoisotopic (exact) mass is 334 g/mol. The molecular formula is C12H18N2O5S2. The van der Waals surface area contributed by atoms with Gasteiger partial charge in [0, 0.05) is 12.6 Å². The van der Waals surface area contributed by atoms with Crippen LogP contribution in [0, 0.1) is 0 Å². The summed E-state index contributed by atoms with van der Waals surface area (Å²) in [6, 6.07) is 1.22. The van der Waals surface area contributed by atoms with Gasteiger partial charge in [-0.15, -0.1) is 11.3 Å². The summed E-state index contributed by atoms with van der Waals surface area (Å²) < 4.78 is 25.5. The van der Waals surface area contributed by atoms with E-state index in [2.05, 4.69) is 5.32 Å². The number of hydrogen-bond donors (Lipinski definition) is 2. The number of sulfonamides is 1. The van der Waals surface area contributed by atoms with E-state index >= 15 is 0 Å². The molecule has 0 fully saturated rings. The van der Waals surface area contributed by atoms with Gasteiger partial charge in [-0.2, -0.15) is 4.31 Å². The number of likely N-dealkylation sites (N-methyl/N-ethyl adjacent to an activating group) is 1. The predicted molar refractivity (Wildman–Crippen MR) is 79.0 cm³/mol. The first kappa shape index (κ1) is 17.6. The number of carbonyl (C=O) groups is 2. The van der Waals surface area contributed by atoms with Crippen LogP contribution in [-0.4, -0.2) is 48.8 Å². The fraction of sp³-hybridized carbons (Fsp3) is 0.500. The highest BCUT2D eigenvalue weighted by Crippen LogP contribution is 2.24. The summed E-state index contributed by atoms with van der Waals surface area (Å²) in [5, 5.41) is 13.0. The summed E-state index contributed by atoms with van der Waals surface area (Å²) in [6.07, 6.45) is 0. The van der Waals surface area contributed by atoms with Gasteiger partial charge in [0.1, 0.15) is 9.77 Å². The zero-order valence-electron chi connectivity index (χ0n) is 12.2. The van der Waals surface area contributed by atoms with Crippen molar-refractivity contribution in [2.45, 2.75) is 31.2 Å². The number of nitrogens with one attached hydrogen (secondary N) is 1. The number of aromatic carboxylic acids is 1. The van der Waals surface area contributed by atoms with Gasteiger partial charge in [-0.05, 0) is 32.2 Å². The predicted octanol–water partition coefficient (Wildman–Crippen LogP) is 0.981. The normalized spacial score (nSPS) is 12.4. The number of carboxylic acid groups (broad SMARTS) is 1. The molecule has 1 heterocycles. The molecule has 1 aromatic heterocycles. The lowest BCUT2D eigenvalue weighted by Gasteiger charge is -2.23. The Morgan fingerprint density at radius 3 is 2.43 bits per heavy atom. The van der Waals surface area contributed by atoms with Crippen LogP contribution in [0.3, 0.4) is 0 Å². The minimum absolute atomic E-state index is 0.266. The molecule has 0 aliphatic carbocycles. The fourth-order valence-electron chi connectivity index (χ4n) is 1.57. The highest BCUT2D eigenvalue weighted by molar-refractivity contribution is 7.89. The first-order valence-electron chi connectivity index (χ1n) is 6.03. The second kappa shape index (κ2) is 6.12. The van der Waals surface area contributed by atoms with E-state index in [4.69, 9.17) is 5.11 Å². The Kier molecular flexibility index (Phi) is 5.13. The van der Waals surface area contributed by atoms with Gasteiger partial charge in [-0.3, -0.25) is 4.79 Å². The maximum Gasteiger partial charge on any atom is 0.347 e. The van der Waals surface area contributed by atoms with E-state index < -0.39 is 27.4 Å². The zero-order chi connectivity index (χ0) is 16.4. The summed E-state index contributed by atoms with van der Waals surface area (Å²) in [7, 11) is -2.78. The molecule has 0 aliphatic rings. The molecule has 1 amide bonds. The van der Waals surface area contributed by atoms with E-state index in [9.17, 15) is 18.0 Å². The molecule has 118 valence electrons. The third-order valence-corrected chi connectivity index (χ3v) is 5.27. The molecule has 0 aliphatic heterocycles. The number of hydrogen-bond acceptors (Lipinski definition) is 5. The summed E-state index contributed by atoms with van der Waals surface area (Å²) >= 11 is 0.825. The molecule has 0 atom stereocenters. The Morgan fingerprint density at radius 1 is 1.38 bits per heavy atom. The van der Waals surface area contributed by atoms with Crippen molar-refractivity contribution in [3.63, 3.8) is 0 Å². The third kappa shape index (κ3) is 4.51. The summed E-state index contributed by atoms with van der Waals surface area (Å²) in [4.78, 5) is 22.2. The Labute approximate surface area is 127 Å². The number of nitrogens with zero attached hydrogens (tertiary/aromatic N) is 1. The van der Waals surface area contributed by atoms with E-state index in [1.54, 1.807) is 20.8 Å². The van der Waals surface area contributed by atoms with Crippen molar-refractivity contribution in [3.8, 4) is 0 Å². The zero-order valence-corrected chi connectivity index (χ0v) is 13.8. The minimum Gasteiger partial charge on any atom is -0.477 e. The molecule has 0 saturated carbocycles. The van der Waals surface area contributed by atoms with Crippen molar-refractivity contribution in [2.75, 3.05) is 13.6 Å². The lowest BCUT2D eigenvalue weighted by atomic mass is 10.1. The summed E-state index contributed by atoms with van der Waals surface area (Å²) in [6.45, 7) is 4.96. The van der Waals surface area contributed by atoms with Gasteiger partial charge in [0.05, 0.1) is 6.54 Å². The molecule has 0 saturated heterocycles. The second-order valence-electron chi connectivity index (χ2n) is 5.48. The molecule has 1 aromatic rings. The molecule has 0 unspecified atom stereocenters. The SMILES string of the molecule is CN(CC(=O)NC(C)(C)C)S(=O)(=O)c1ccsc1C(=O)O. The Balaban J connectivity index is 2.95. The van der Waals surface area contributed by atoms with Crippen LogP contribution in [0.2, 0.25) is 0 Å². The van der Waals surface area contributed by atoms with Crippen molar-refractivity contribution in [2.24, 2.45) is 0 Å². The molecule has 0 radical (unpaired) electrons. The topological polar surface area (TPSA) is 104 Å². The van der Waals surface area contributed by atoms with Gasteiger partial charge in [0.15, 0.2) is 0 Å². The molecule has 7 nitrogen and oxygen atoms in total. The van der Waals surface area contributed by atoms with Crippen LogP contribution < -0.4 is 5.32 Å². The smallest absolute Gasteiger partial charge is 0.347 e. The number of rotatable bonds is 5. The van der Waals surface area contributed by atoms with E-state index in [-0.39, 0.29) is 16.3 Å². The van der Waals surface area contributed by atoms with Gasteiger partial charge < -0.3 is 10.4 Å². The molecule has 21 heavy (non-hydrogen) atoms. The summed E-state index contributed by atoms with van der Waals surface area (Å²) in [5.41, 5.74) is -0.476. The molecular weight excluding hydrogens is 316 g/mol.